The first-order valence-electron chi connectivity index (χ1n) is 6.72. The molecule has 3 aliphatic heterocycles. The van der Waals surface area contributed by atoms with Gasteiger partial charge in [0.1, 0.15) is 18.1 Å². The summed E-state index contributed by atoms with van der Waals surface area (Å²) in [5, 5.41) is 9.38. The first kappa shape index (κ1) is 11.8. The van der Waals surface area contributed by atoms with Gasteiger partial charge in [0, 0.05) is 19.6 Å². The molecule has 0 aromatic heterocycles. The molecule has 2 unspecified atom stereocenters. The zero-order chi connectivity index (χ0) is 12.5. The fraction of sp³-hybridized carbons (Fsp3) is 0.769. The molecule has 18 heavy (non-hydrogen) atoms. The number of nitrogens with zero attached hydrogens (tertiary/aromatic N) is 3. The van der Waals surface area contributed by atoms with Crippen LogP contribution in [0.1, 0.15) is 25.7 Å². The Morgan fingerprint density at radius 3 is 3.06 bits per heavy atom. The molecule has 2 bridgehead atoms. The molecule has 2 saturated heterocycles. The average Bonchev–Trinajstić information content (AvgIpc) is 2.82. The standard InChI is InChI=1S/C13H18FN3O/c14-5-2-6-16-7-8-17-12-4-1-3-11(18-12)10(9-15)13(16)17/h11-12H,1-8H2. The zero-order valence-electron chi connectivity index (χ0n) is 10.4. The highest BCUT2D eigenvalue weighted by Gasteiger charge is 2.42. The maximum Gasteiger partial charge on any atom is 0.132 e. The van der Waals surface area contributed by atoms with Gasteiger partial charge >= 0.3 is 0 Å². The normalized spacial score (nSPS) is 30.4. The lowest BCUT2D eigenvalue weighted by atomic mass is 9.97. The Balaban J connectivity index is 1.91. The molecule has 5 heteroatoms. The van der Waals surface area contributed by atoms with E-state index in [0.717, 1.165) is 43.7 Å². The highest BCUT2D eigenvalue weighted by atomic mass is 19.1. The van der Waals surface area contributed by atoms with Crippen molar-refractivity contribution >= 4 is 0 Å². The van der Waals surface area contributed by atoms with Crippen molar-refractivity contribution < 1.29 is 9.13 Å². The average molecular weight is 251 g/mol. The number of alkyl halides is 1. The third kappa shape index (κ3) is 1.76. The van der Waals surface area contributed by atoms with E-state index >= 15 is 0 Å². The number of hydrogen-bond donors (Lipinski definition) is 0. The van der Waals surface area contributed by atoms with Crippen LogP contribution in [0, 0.1) is 11.3 Å². The minimum atomic E-state index is -0.297. The number of hydrogen-bond acceptors (Lipinski definition) is 4. The number of ether oxygens (including phenoxy) is 1. The van der Waals surface area contributed by atoms with Gasteiger partial charge in [0.05, 0.1) is 18.4 Å². The van der Waals surface area contributed by atoms with Crippen LogP contribution in [0.25, 0.3) is 0 Å². The third-order valence-electron chi connectivity index (χ3n) is 4.01. The van der Waals surface area contributed by atoms with E-state index in [4.69, 9.17) is 4.74 Å². The Hall–Kier alpha value is -1.28. The topological polar surface area (TPSA) is 39.5 Å². The van der Waals surface area contributed by atoms with Gasteiger partial charge in [0.2, 0.25) is 0 Å². The fourth-order valence-corrected chi connectivity index (χ4v) is 3.21. The zero-order valence-corrected chi connectivity index (χ0v) is 10.4. The van der Waals surface area contributed by atoms with E-state index in [1.807, 2.05) is 0 Å². The van der Waals surface area contributed by atoms with Crippen LogP contribution in [0.2, 0.25) is 0 Å². The van der Waals surface area contributed by atoms with Crippen molar-refractivity contribution in [2.75, 3.05) is 26.3 Å². The largest absolute Gasteiger partial charge is 0.355 e. The smallest absolute Gasteiger partial charge is 0.132 e. The lowest BCUT2D eigenvalue weighted by Gasteiger charge is -2.43. The molecule has 0 N–H and O–H groups in total. The molecule has 0 saturated carbocycles. The molecule has 0 aromatic carbocycles. The minimum absolute atomic E-state index is 0.0361. The van der Waals surface area contributed by atoms with E-state index in [1.165, 1.54) is 0 Å². The molecule has 4 nitrogen and oxygen atoms in total. The summed E-state index contributed by atoms with van der Waals surface area (Å²) in [5.41, 5.74) is 0.752. The van der Waals surface area contributed by atoms with Crippen molar-refractivity contribution in [2.45, 2.75) is 38.0 Å². The monoisotopic (exact) mass is 251 g/mol. The molecular weight excluding hydrogens is 233 g/mol. The second-order valence-corrected chi connectivity index (χ2v) is 5.08. The van der Waals surface area contributed by atoms with Gasteiger partial charge in [-0.1, -0.05) is 0 Å². The van der Waals surface area contributed by atoms with Crippen LogP contribution in [0.4, 0.5) is 4.39 Å². The molecule has 3 aliphatic rings. The van der Waals surface area contributed by atoms with Crippen molar-refractivity contribution in [1.29, 1.82) is 5.26 Å². The summed E-state index contributed by atoms with van der Waals surface area (Å²) in [4.78, 5) is 4.36. The summed E-state index contributed by atoms with van der Waals surface area (Å²) in [6, 6.07) is 2.31. The van der Waals surface area contributed by atoms with Crippen molar-refractivity contribution in [1.82, 2.24) is 9.80 Å². The van der Waals surface area contributed by atoms with Gasteiger partial charge in [-0.15, -0.1) is 0 Å². The fourth-order valence-electron chi connectivity index (χ4n) is 3.21. The van der Waals surface area contributed by atoms with Crippen LogP contribution in [0.15, 0.2) is 11.4 Å². The van der Waals surface area contributed by atoms with Crippen LogP contribution in [-0.2, 0) is 4.74 Å². The molecule has 0 amide bonds. The summed E-state index contributed by atoms with van der Waals surface area (Å²) in [6.07, 6.45) is 3.72. The molecule has 0 aliphatic carbocycles. The molecule has 3 rings (SSSR count). The molecule has 0 aromatic rings. The van der Waals surface area contributed by atoms with Crippen LogP contribution < -0.4 is 0 Å². The van der Waals surface area contributed by atoms with E-state index in [1.54, 1.807) is 0 Å². The summed E-state index contributed by atoms with van der Waals surface area (Å²) in [6.45, 7) is 2.18. The van der Waals surface area contributed by atoms with Gasteiger partial charge in [0.15, 0.2) is 0 Å². The van der Waals surface area contributed by atoms with E-state index < -0.39 is 0 Å². The van der Waals surface area contributed by atoms with Crippen LogP contribution in [0.3, 0.4) is 0 Å². The molecule has 2 fully saturated rings. The molecule has 98 valence electrons. The van der Waals surface area contributed by atoms with Crippen molar-refractivity contribution in [3.8, 4) is 6.07 Å². The first-order valence-corrected chi connectivity index (χ1v) is 6.72. The Morgan fingerprint density at radius 1 is 1.39 bits per heavy atom. The number of nitriles is 1. The molecular formula is C13H18FN3O. The van der Waals surface area contributed by atoms with Gasteiger partial charge in [-0.3, -0.25) is 4.39 Å². The Morgan fingerprint density at radius 2 is 2.28 bits per heavy atom. The maximum absolute atomic E-state index is 12.3. The highest BCUT2D eigenvalue weighted by molar-refractivity contribution is 5.34. The Bertz CT molecular complexity index is 404. The van der Waals surface area contributed by atoms with Gasteiger partial charge < -0.3 is 14.5 Å². The predicted molar refractivity (Wildman–Crippen MR) is 64.0 cm³/mol. The van der Waals surface area contributed by atoms with Crippen LogP contribution in [-0.4, -0.2) is 48.4 Å². The number of halogens is 1. The number of fused-ring (bicyclic) bond motifs is 4. The summed E-state index contributed by atoms with van der Waals surface area (Å²) < 4.78 is 18.3. The number of rotatable bonds is 3. The SMILES string of the molecule is N#CC1=C2N(CCCF)CCN2C2CCCC1O2. The summed E-state index contributed by atoms with van der Waals surface area (Å²) >= 11 is 0. The summed E-state index contributed by atoms with van der Waals surface area (Å²) in [7, 11) is 0. The van der Waals surface area contributed by atoms with Gasteiger partial charge in [-0.05, 0) is 25.7 Å². The minimum Gasteiger partial charge on any atom is -0.355 e. The van der Waals surface area contributed by atoms with Gasteiger partial charge in [-0.25, -0.2) is 0 Å². The van der Waals surface area contributed by atoms with Crippen LogP contribution in [0.5, 0.6) is 0 Å². The van der Waals surface area contributed by atoms with Crippen molar-refractivity contribution in [3.63, 3.8) is 0 Å². The quantitative estimate of drug-likeness (QED) is 0.764. The highest BCUT2D eigenvalue weighted by Crippen LogP contribution is 2.38. The Labute approximate surface area is 107 Å². The van der Waals surface area contributed by atoms with E-state index in [2.05, 4.69) is 15.9 Å². The Kier molecular flexibility index (Phi) is 3.13. The lowest BCUT2D eigenvalue weighted by Crippen LogP contribution is -2.47. The first-order chi connectivity index (χ1) is 8.85. The lowest BCUT2D eigenvalue weighted by molar-refractivity contribution is -0.116. The van der Waals surface area contributed by atoms with E-state index in [9.17, 15) is 9.65 Å². The molecule has 0 spiro atoms. The van der Waals surface area contributed by atoms with E-state index in [-0.39, 0.29) is 19.0 Å². The molecule has 0 radical (unpaired) electrons. The van der Waals surface area contributed by atoms with E-state index in [0.29, 0.717) is 13.0 Å². The van der Waals surface area contributed by atoms with Crippen LogP contribution >= 0.6 is 0 Å². The second-order valence-electron chi connectivity index (χ2n) is 5.08. The molecule has 2 atom stereocenters. The van der Waals surface area contributed by atoms with Crippen molar-refractivity contribution in [2.24, 2.45) is 0 Å². The maximum atomic E-state index is 12.3. The predicted octanol–water partition coefficient (Wildman–Crippen LogP) is 1.61. The summed E-state index contributed by atoms with van der Waals surface area (Å²) in [5.74, 6) is 1.02. The van der Waals surface area contributed by atoms with Gasteiger partial charge in [0.25, 0.3) is 0 Å². The second kappa shape index (κ2) is 4.77. The third-order valence-corrected chi connectivity index (χ3v) is 4.01. The molecule has 3 heterocycles. The van der Waals surface area contributed by atoms with Gasteiger partial charge in [-0.2, -0.15) is 5.26 Å². The van der Waals surface area contributed by atoms with Crippen molar-refractivity contribution in [3.05, 3.63) is 11.4 Å².